The Morgan fingerprint density at radius 3 is 2.80 bits per heavy atom. The van der Waals surface area contributed by atoms with Gasteiger partial charge in [-0.25, -0.2) is 4.39 Å². The first kappa shape index (κ1) is 13.9. The predicted molar refractivity (Wildman–Crippen MR) is 80.5 cm³/mol. The normalized spacial score (nSPS) is 21.2. The molecule has 0 bridgehead atoms. The standard InChI is InChI=1S/C15H12BrClFNO/c16-9-1-2-12-13(19)7-14(20-15(12)5-9)8-3-10(17)6-11(18)4-8/h1-6,13-14H,7,19H2/t13-,14?/m0/s1. The molecule has 2 nitrogen and oxygen atoms in total. The fourth-order valence-corrected chi connectivity index (χ4v) is 3.01. The molecule has 1 aliphatic rings. The number of fused-ring (bicyclic) bond motifs is 1. The molecule has 0 aromatic heterocycles. The van der Waals surface area contributed by atoms with Crippen LogP contribution >= 0.6 is 27.5 Å². The minimum atomic E-state index is -0.371. The molecule has 0 saturated carbocycles. The zero-order valence-corrected chi connectivity index (χ0v) is 12.8. The lowest BCUT2D eigenvalue weighted by Crippen LogP contribution is -2.24. The first-order valence-corrected chi connectivity index (χ1v) is 7.38. The fourth-order valence-electron chi connectivity index (χ4n) is 2.44. The number of ether oxygens (including phenoxy) is 1. The lowest BCUT2D eigenvalue weighted by molar-refractivity contribution is 0.161. The fraction of sp³-hybridized carbons (Fsp3) is 0.200. The van der Waals surface area contributed by atoms with E-state index in [-0.39, 0.29) is 18.0 Å². The average Bonchev–Trinajstić information content (AvgIpc) is 2.36. The first-order valence-electron chi connectivity index (χ1n) is 6.20. The average molecular weight is 357 g/mol. The van der Waals surface area contributed by atoms with Gasteiger partial charge in [-0.1, -0.05) is 33.6 Å². The third kappa shape index (κ3) is 2.68. The van der Waals surface area contributed by atoms with Gasteiger partial charge in [0.2, 0.25) is 0 Å². The SMILES string of the molecule is N[C@H]1CC(c2cc(F)cc(Cl)c2)Oc2cc(Br)ccc21. The van der Waals surface area contributed by atoms with Crippen molar-refractivity contribution in [1.82, 2.24) is 0 Å². The third-order valence-corrected chi connectivity index (χ3v) is 4.08. The zero-order chi connectivity index (χ0) is 14.3. The van der Waals surface area contributed by atoms with Gasteiger partial charge in [-0.05, 0) is 35.9 Å². The van der Waals surface area contributed by atoms with Gasteiger partial charge in [0, 0.05) is 27.5 Å². The van der Waals surface area contributed by atoms with Crippen LogP contribution in [-0.2, 0) is 0 Å². The van der Waals surface area contributed by atoms with Crippen LogP contribution in [0.4, 0.5) is 4.39 Å². The van der Waals surface area contributed by atoms with E-state index in [9.17, 15) is 4.39 Å². The molecular formula is C15H12BrClFNO. The molecule has 0 radical (unpaired) electrons. The Hall–Kier alpha value is -1.10. The monoisotopic (exact) mass is 355 g/mol. The van der Waals surface area contributed by atoms with E-state index in [2.05, 4.69) is 15.9 Å². The molecule has 2 N–H and O–H groups in total. The van der Waals surface area contributed by atoms with Crippen molar-refractivity contribution in [2.45, 2.75) is 18.6 Å². The number of hydrogen-bond donors (Lipinski definition) is 1. The molecule has 0 spiro atoms. The second kappa shape index (κ2) is 5.35. The minimum absolute atomic E-state index is 0.140. The van der Waals surface area contributed by atoms with Crippen LogP contribution in [-0.4, -0.2) is 0 Å². The van der Waals surface area contributed by atoms with Crippen molar-refractivity contribution < 1.29 is 9.13 Å². The summed E-state index contributed by atoms with van der Waals surface area (Å²) in [6, 6.07) is 10.0. The molecule has 1 heterocycles. The molecule has 0 saturated heterocycles. The minimum Gasteiger partial charge on any atom is -0.485 e. The summed E-state index contributed by atoms with van der Waals surface area (Å²) >= 11 is 9.30. The molecule has 0 amide bonds. The Labute approximate surface area is 129 Å². The summed E-state index contributed by atoms with van der Waals surface area (Å²) in [7, 11) is 0. The highest BCUT2D eigenvalue weighted by Crippen LogP contribution is 2.41. The van der Waals surface area contributed by atoms with Crippen molar-refractivity contribution in [3.05, 3.63) is 62.8 Å². The second-order valence-corrected chi connectivity index (χ2v) is 6.19. The number of hydrogen-bond acceptors (Lipinski definition) is 2. The lowest BCUT2D eigenvalue weighted by Gasteiger charge is -2.30. The van der Waals surface area contributed by atoms with Crippen molar-refractivity contribution in [1.29, 1.82) is 0 Å². The summed E-state index contributed by atoms with van der Waals surface area (Å²) in [6.07, 6.45) is 0.300. The van der Waals surface area contributed by atoms with Gasteiger partial charge in [-0.15, -0.1) is 0 Å². The lowest BCUT2D eigenvalue weighted by atomic mass is 9.93. The van der Waals surface area contributed by atoms with Gasteiger partial charge in [0.1, 0.15) is 17.7 Å². The van der Waals surface area contributed by atoms with Crippen LogP contribution in [0, 0.1) is 5.82 Å². The van der Waals surface area contributed by atoms with Gasteiger partial charge in [0.05, 0.1) is 0 Å². The number of nitrogens with two attached hydrogens (primary N) is 1. The smallest absolute Gasteiger partial charge is 0.126 e. The molecule has 20 heavy (non-hydrogen) atoms. The molecule has 1 aliphatic heterocycles. The van der Waals surface area contributed by atoms with Gasteiger partial charge in [-0.3, -0.25) is 0 Å². The van der Waals surface area contributed by atoms with Crippen LogP contribution in [0.5, 0.6) is 5.75 Å². The van der Waals surface area contributed by atoms with E-state index in [0.29, 0.717) is 17.0 Å². The van der Waals surface area contributed by atoms with Crippen LogP contribution in [0.25, 0.3) is 0 Å². The van der Waals surface area contributed by atoms with Crippen LogP contribution in [0.3, 0.4) is 0 Å². The van der Waals surface area contributed by atoms with E-state index in [0.717, 1.165) is 15.8 Å². The third-order valence-electron chi connectivity index (χ3n) is 3.37. The zero-order valence-electron chi connectivity index (χ0n) is 10.4. The van der Waals surface area contributed by atoms with Crippen molar-refractivity contribution >= 4 is 27.5 Å². The predicted octanol–water partition coefficient (Wildman–Crippen LogP) is 4.77. The highest BCUT2D eigenvalue weighted by Gasteiger charge is 2.27. The molecule has 5 heteroatoms. The molecular weight excluding hydrogens is 345 g/mol. The Balaban J connectivity index is 1.98. The topological polar surface area (TPSA) is 35.2 Å². The molecule has 1 unspecified atom stereocenters. The van der Waals surface area contributed by atoms with Gasteiger partial charge in [-0.2, -0.15) is 0 Å². The van der Waals surface area contributed by atoms with Crippen LogP contribution in [0.15, 0.2) is 40.9 Å². The van der Waals surface area contributed by atoms with Gasteiger partial charge < -0.3 is 10.5 Å². The highest BCUT2D eigenvalue weighted by molar-refractivity contribution is 9.10. The van der Waals surface area contributed by atoms with E-state index in [1.807, 2.05) is 18.2 Å². The van der Waals surface area contributed by atoms with Crippen molar-refractivity contribution in [2.24, 2.45) is 5.73 Å². The number of halogens is 3. The summed E-state index contributed by atoms with van der Waals surface area (Å²) < 4.78 is 20.3. The Kier molecular flexibility index (Phi) is 3.71. The van der Waals surface area contributed by atoms with E-state index >= 15 is 0 Å². The van der Waals surface area contributed by atoms with E-state index < -0.39 is 0 Å². The van der Waals surface area contributed by atoms with Gasteiger partial charge in [0.25, 0.3) is 0 Å². The molecule has 0 aliphatic carbocycles. The highest BCUT2D eigenvalue weighted by atomic mass is 79.9. The molecule has 2 aromatic carbocycles. The van der Waals surface area contributed by atoms with Crippen molar-refractivity contribution in [3.8, 4) is 5.75 Å². The Morgan fingerprint density at radius 1 is 1.25 bits per heavy atom. The molecule has 0 fully saturated rings. The summed E-state index contributed by atoms with van der Waals surface area (Å²) in [5.74, 6) is 0.355. The van der Waals surface area contributed by atoms with Gasteiger partial charge in [0.15, 0.2) is 0 Å². The van der Waals surface area contributed by atoms with Crippen LogP contribution < -0.4 is 10.5 Å². The first-order chi connectivity index (χ1) is 9.52. The number of benzene rings is 2. The Morgan fingerprint density at radius 2 is 2.05 bits per heavy atom. The molecule has 3 rings (SSSR count). The van der Waals surface area contributed by atoms with Crippen LogP contribution in [0.2, 0.25) is 5.02 Å². The maximum Gasteiger partial charge on any atom is 0.126 e. The van der Waals surface area contributed by atoms with Crippen molar-refractivity contribution in [3.63, 3.8) is 0 Å². The maximum atomic E-state index is 13.5. The molecule has 2 aromatic rings. The Bertz CT molecular complexity index is 644. The summed E-state index contributed by atoms with van der Waals surface area (Å²) in [4.78, 5) is 0. The van der Waals surface area contributed by atoms with Crippen molar-refractivity contribution in [2.75, 3.05) is 0 Å². The van der Waals surface area contributed by atoms with Crippen LogP contribution in [0.1, 0.15) is 29.7 Å². The summed E-state index contributed by atoms with van der Waals surface area (Å²) in [5, 5.41) is 0.359. The number of rotatable bonds is 1. The van der Waals surface area contributed by atoms with Gasteiger partial charge >= 0.3 is 0 Å². The van der Waals surface area contributed by atoms with E-state index in [1.54, 1.807) is 6.07 Å². The second-order valence-electron chi connectivity index (χ2n) is 4.83. The summed E-state index contributed by atoms with van der Waals surface area (Å²) in [6.45, 7) is 0. The summed E-state index contributed by atoms with van der Waals surface area (Å²) in [5.41, 5.74) is 7.85. The largest absolute Gasteiger partial charge is 0.485 e. The maximum absolute atomic E-state index is 13.5. The van der Waals surface area contributed by atoms with E-state index in [1.165, 1.54) is 12.1 Å². The van der Waals surface area contributed by atoms with E-state index in [4.69, 9.17) is 22.1 Å². The quantitative estimate of drug-likeness (QED) is 0.799. The molecule has 2 atom stereocenters. The molecule has 104 valence electrons.